The van der Waals surface area contributed by atoms with Crippen LogP contribution >= 0.6 is 11.6 Å². The van der Waals surface area contributed by atoms with Crippen molar-refractivity contribution in [3.05, 3.63) is 69.2 Å². The highest BCUT2D eigenvalue weighted by molar-refractivity contribution is 6.32. The summed E-state index contributed by atoms with van der Waals surface area (Å²) in [6.07, 6.45) is -3.58. The molecule has 2 aliphatic heterocycles. The molecule has 1 unspecified atom stereocenters. The van der Waals surface area contributed by atoms with Gasteiger partial charge in [0.25, 0.3) is 0 Å². The van der Waals surface area contributed by atoms with Crippen LogP contribution in [0.25, 0.3) is 0 Å². The van der Waals surface area contributed by atoms with Gasteiger partial charge in [0, 0.05) is 17.5 Å². The molecule has 6 atom stereocenters. The predicted octanol–water partition coefficient (Wildman–Crippen LogP) is 2.51. The molecule has 7 heteroatoms. The summed E-state index contributed by atoms with van der Waals surface area (Å²) in [7, 11) is 0. The van der Waals surface area contributed by atoms with Crippen LogP contribution in [0.4, 0.5) is 0 Å². The Labute approximate surface area is 193 Å². The van der Waals surface area contributed by atoms with Gasteiger partial charge in [-0.2, -0.15) is 0 Å². The fourth-order valence-corrected chi connectivity index (χ4v) is 4.92. The van der Waals surface area contributed by atoms with Crippen molar-refractivity contribution in [1.29, 1.82) is 0 Å². The first-order chi connectivity index (χ1) is 15.4. The topological polar surface area (TPSA) is 99.4 Å². The Morgan fingerprint density at radius 2 is 1.72 bits per heavy atom. The van der Waals surface area contributed by atoms with Gasteiger partial charge in [-0.25, -0.2) is 0 Å². The number of hydrogen-bond acceptors (Lipinski definition) is 6. The predicted molar refractivity (Wildman–Crippen MR) is 121 cm³/mol. The van der Waals surface area contributed by atoms with E-state index in [0.29, 0.717) is 30.2 Å². The molecule has 0 spiro atoms. The van der Waals surface area contributed by atoms with Gasteiger partial charge in [-0.1, -0.05) is 54.9 Å². The van der Waals surface area contributed by atoms with Crippen LogP contribution < -0.4 is 0 Å². The zero-order valence-corrected chi connectivity index (χ0v) is 18.9. The van der Waals surface area contributed by atoms with Gasteiger partial charge in [-0.3, -0.25) is 0 Å². The van der Waals surface area contributed by atoms with Crippen molar-refractivity contribution in [3.8, 4) is 0 Å². The van der Waals surface area contributed by atoms with Gasteiger partial charge in [0.15, 0.2) is 0 Å². The van der Waals surface area contributed by atoms with Crippen molar-refractivity contribution in [2.24, 2.45) is 0 Å². The zero-order chi connectivity index (χ0) is 22.8. The minimum Gasteiger partial charge on any atom is -0.394 e. The summed E-state index contributed by atoms with van der Waals surface area (Å²) >= 11 is 6.86. The Bertz CT molecular complexity index is 909. The first-order valence-electron chi connectivity index (χ1n) is 11.2. The molecule has 0 radical (unpaired) electrons. The summed E-state index contributed by atoms with van der Waals surface area (Å²) in [6, 6.07) is 12.2. The molecule has 4 rings (SSSR count). The van der Waals surface area contributed by atoms with Crippen LogP contribution in [0.5, 0.6) is 0 Å². The van der Waals surface area contributed by atoms with Crippen molar-refractivity contribution in [2.75, 3.05) is 19.8 Å². The zero-order valence-electron chi connectivity index (χ0n) is 18.2. The van der Waals surface area contributed by atoms with Crippen LogP contribution in [0.1, 0.15) is 53.2 Å². The molecule has 2 fully saturated rings. The molecule has 174 valence electrons. The second kappa shape index (κ2) is 10.2. The van der Waals surface area contributed by atoms with Crippen molar-refractivity contribution in [2.45, 2.75) is 62.6 Å². The molecule has 4 N–H and O–H groups in total. The third-order valence-electron chi connectivity index (χ3n) is 6.61. The normalized spacial score (nSPS) is 30.6. The van der Waals surface area contributed by atoms with Crippen LogP contribution in [-0.4, -0.2) is 64.7 Å². The van der Waals surface area contributed by atoms with E-state index in [2.05, 4.69) is 31.2 Å². The number of aliphatic hydroxyl groups is 4. The molecule has 0 bridgehead atoms. The van der Waals surface area contributed by atoms with E-state index < -0.39 is 37.1 Å². The van der Waals surface area contributed by atoms with E-state index in [1.165, 1.54) is 5.56 Å². The van der Waals surface area contributed by atoms with E-state index in [0.717, 1.165) is 29.5 Å². The fourth-order valence-electron chi connectivity index (χ4n) is 4.59. The number of benzene rings is 2. The average Bonchev–Trinajstić information content (AvgIpc) is 3.34. The lowest BCUT2D eigenvalue weighted by Gasteiger charge is -2.40. The van der Waals surface area contributed by atoms with Crippen LogP contribution in [0.3, 0.4) is 0 Å². The molecule has 0 saturated carbocycles. The van der Waals surface area contributed by atoms with E-state index in [1.807, 2.05) is 12.1 Å². The number of ether oxygens (including phenoxy) is 2. The third kappa shape index (κ3) is 4.73. The number of aryl methyl sites for hydroxylation is 1. The van der Waals surface area contributed by atoms with Crippen LogP contribution in [-0.2, 0) is 22.3 Å². The molecule has 32 heavy (non-hydrogen) atoms. The molecule has 2 heterocycles. The van der Waals surface area contributed by atoms with Gasteiger partial charge in [-0.15, -0.1) is 0 Å². The lowest BCUT2D eigenvalue weighted by Crippen LogP contribution is -2.55. The van der Waals surface area contributed by atoms with Crippen LogP contribution in [0.2, 0.25) is 5.02 Å². The Kier molecular flexibility index (Phi) is 7.52. The minimum atomic E-state index is -1.43. The quantitative estimate of drug-likeness (QED) is 0.526. The van der Waals surface area contributed by atoms with E-state index in [4.69, 9.17) is 21.1 Å². The minimum absolute atomic E-state index is 0.133. The van der Waals surface area contributed by atoms with Gasteiger partial charge < -0.3 is 29.9 Å². The summed E-state index contributed by atoms with van der Waals surface area (Å²) < 4.78 is 11.4. The SMILES string of the molecule is CCc1ccc(Cc2cc([C@@H]3O[C@H](CO)[C@@H](O)[C@H](O)[C@H]3O)cc(C3CCOC3)c2Cl)cc1. The second-order valence-corrected chi connectivity index (χ2v) is 9.12. The molecular weight excluding hydrogens is 432 g/mol. The Morgan fingerprint density at radius 3 is 2.34 bits per heavy atom. The highest BCUT2D eigenvalue weighted by Gasteiger charge is 2.44. The summed E-state index contributed by atoms with van der Waals surface area (Å²) in [4.78, 5) is 0. The van der Waals surface area contributed by atoms with Gasteiger partial charge in [0.2, 0.25) is 0 Å². The number of aliphatic hydroxyl groups excluding tert-OH is 4. The molecule has 2 aliphatic rings. The van der Waals surface area contributed by atoms with Crippen molar-refractivity contribution < 1.29 is 29.9 Å². The maximum absolute atomic E-state index is 10.7. The highest BCUT2D eigenvalue weighted by Crippen LogP contribution is 2.39. The maximum atomic E-state index is 10.7. The monoisotopic (exact) mass is 462 g/mol. The summed E-state index contributed by atoms with van der Waals surface area (Å²) in [5.74, 6) is 0.133. The maximum Gasteiger partial charge on any atom is 0.113 e. The first kappa shape index (κ1) is 23.6. The molecule has 0 amide bonds. The molecule has 0 aliphatic carbocycles. The standard InChI is InChI=1S/C25H31ClO6/c1-2-14-3-5-15(6-4-14)9-17-10-18(11-19(21(17)26)16-7-8-31-13-16)25-24(30)23(29)22(28)20(12-27)32-25/h3-6,10-11,16,20,22-25,27-30H,2,7-9,12-13H2,1H3/t16?,20-,22-,23+,24-,25+/m1/s1. The van der Waals surface area contributed by atoms with Crippen LogP contribution in [0, 0.1) is 0 Å². The van der Waals surface area contributed by atoms with Gasteiger partial charge in [0.1, 0.15) is 30.5 Å². The van der Waals surface area contributed by atoms with Gasteiger partial charge >= 0.3 is 0 Å². The molecule has 2 aromatic carbocycles. The second-order valence-electron chi connectivity index (χ2n) is 8.74. The van der Waals surface area contributed by atoms with Crippen molar-refractivity contribution in [1.82, 2.24) is 0 Å². The van der Waals surface area contributed by atoms with Crippen molar-refractivity contribution >= 4 is 11.6 Å². The Balaban J connectivity index is 1.72. The van der Waals surface area contributed by atoms with E-state index in [-0.39, 0.29) is 5.92 Å². The fraction of sp³-hybridized carbons (Fsp3) is 0.520. The summed E-state index contributed by atoms with van der Waals surface area (Å²) in [5.41, 5.74) is 4.86. The number of halogens is 1. The first-order valence-corrected chi connectivity index (χ1v) is 11.6. The Hall–Kier alpha value is -1.51. The average molecular weight is 463 g/mol. The summed E-state index contributed by atoms with van der Waals surface area (Å²) in [5, 5.41) is 41.4. The third-order valence-corrected chi connectivity index (χ3v) is 7.08. The van der Waals surface area contributed by atoms with E-state index in [1.54, 1.807) is 0 Å². The number of rotatable bonds is 6. The lowest BCUT2D eigenvalue weighted by atomic mass is 9.86. The highest BCUT2D eigenvalue weighted by atomic mass is 35.5. The van der Waals surface area contributed by atoms with Crippen molar-refractivity contribution in [3.63, 3.8) is 0 Å². The van der Waals surface area contributed by atoms with E-state index >= 15 is 0 Å². The molecular formula is C25H31ClO6. The lowest BCUT2D eigenvalue weighted by molar-refractivity contribution is -0.231. The van der Waals surface area contributed by atoms with Gasteiger partial charge in [-0.05, 0) is 47.1 Å². The number of hydrogen-bond donors (Lipinski definition) is 4. The van der Waals surface area contributed by atoms with Crippen LogP contribution in [0.15, 0.2) is 36.4 Å². The molecule has 6 nitrogen and oxygen atoms in total. The summed E-state index contributed by atoms with van der Waals surface area (Å²) in [6.45, 7) is 2.89. The molecule has 0 aromatic heterocycles. The van der Waals surface area contributed by atoms with E-state index in [9.17, 15) is 20.4 Å². The molecule has 2 saturated heterocycles. The Morgan fingerprint density at radius 1 is 1.00 bits per heavy atom. The van der Waals surface area contributed by atoms with Gasteiger partial charge in [0.05, 0.1) is 13.2 Å². The molecule has 2 aromatic rings. The smallest absolute Gasteiger partial charge is 0.113 e. The largest absolute Gasteiger partial charge is 0.394 e.